The predicted molar refractivity (Wildman–Crippen MR) is 75.0 cm³/mol. The molecule has 1 N–H and O–H groups in total. The van der Waals surface area contributed by atoms with E-state index in [1.54, 1.807) is 26.2 Å². The summed E-state index contributed by atoms with van der Waals surface area (Å²) < 4.78 is 10.1. The topological polar surface area (TPSA) is 68.4 Å². The summed E-state index contributed by atoms with van der Waals surface area (Å²) in [7, 11) is 1.56. The SMILES string of the molecule is CCOC(=O)c1ccc(-c2ccccc2OC)[nH]c1=O. The Hall–Kier alpha value is -2.56. The van der Waals surface area contributed by atoms with Crippen molar-refractivity contribution < 1.29 is 14.3 Å². The summed E-state index contributed by atoms with van der Waals surface area (Å²) in [5, 5.41) is 0. The molecule has 0 saturated heterocycles. The lowest BCUT2D eigenvalue weighted by atomic mass is 10.1. The van der Waals surface area contributed by atoms with E-state index in [2.05, 4.69) is 4.98 Å². The molecule has 0 aliphatic carbocycles. The highest BCUT2D eigenvalue weighted by molar-refractivity contribution is 5.89. The second-order valence-electron chi connectivity index (χ2n) is 4.04. The summed E-state index contributed by atoms with van der Waals surface area (Å²) >= 11 is 0. The van der Waals surface area contributed by atoms with Crippen molar-refractivity contribution in [1.29, 1.82) is 0 Å². The van der Waals surface area contributed by atoms with E-state index in [0.29, 0.717) is 11.4 Å². The lowest BCUT2D eigenvalue weighted by Gasteiger charge is -2.08. The van der Waals surface area contributed by atoms with Crippen molar-refractivity contribution in [2.75, 3.05) is 13.7 Å². The van der Waals surface area contributed by atoms with Crippen molar-refractivity contribution in [3.05, 3.63) is 52.3 Å². The molecule has 0 amide bonds. The van der Waals surface area contributed by atoms with Crippen LogP contribution >= 0.6 is 0 Å². The maximum Gasteiger partial charge on any atom is 0.343 e. The molecule has 0 unspecified atom stereocenters. The summed E-state index contributed by atoms with van der Waals surface area (Å²) in [6.45, 7) is 1.92. The third kappa shape index (κ3) is 2.71. The fraction of sp³-hybridized carbons (Fsp3) is 0.200. The zero-order valence-electron chi connectivity index (χ0n) is 11.3. The molecule has 20 heavy (non-hydrogen) atoms. The molecular weight excluding hydrogens is 258 g/mol. The van der Waals surface area contributed by atoms with Crippen molar-refractivity contribution in [1.82, 2.24) is 4.98 Å². The average molecular weight is 273 g/mol. The van der Waals surface area contributed by atoms with Crippen molar-refractivity contribution in [3.8, 4) is 17.0 Å². The predicted octanol–water partition coefficient (Wildman–Crippen LogP) is 2.23. The maximum atomic E-state index is 11.9. The number of nitrogens with one attached hydrogen (secondary N) is 1. The van der Waals surface area contributed by atoms with Gasteiger partial charge in [-0.25, -0.2) is 4.79 Å². The van der Waals surface area contributed by atoms with Crippen molar-refractivity contribution in [2.45, 2.75) is 6.92 Å². The van der Waals surface area contributed by atoms with E-state index in [1.807, 2.05) is 18.2 Å². The molecule has 0 saturated carbocycles. The van der Waals surface area contributed by atoms with Gasteiger partial charge >= 0.3 is 5.97 Å². The summed E-state index contributed by atoms with van der Waals surface area (Å²) in [6.07, 6.45) is 0. The lowest BCUT2D eigenvalue weighted by molar-refractivity contribution is 0.0524. The van der Waals surface area contributed by atoms with Gasteiger partial charge in [0.2, 0.25) is 0 Å². The van der Waals surface area contributed by atoms with Crippen LogP contribution in [0.1, 0.15) is 17.3 Å². The molecule has 5 nitrogen and oxygen atoms in total. The molecule has 0 bridgehead atoms. The average Bonchev–Trinajstić information content (AvgIpc) is 2.47. The van der Waals surface area contributed by atoms with Gasteiger partial charge < -0.3 is 14.5 Å². The van der Waals surface area contributed by atoms with E-state index in [1.165, 1.54) is 6.07 Å². The normalized spacial score (nSPS) is 10.1. The summed E-state index contributed by atoms with van der Waals surface area (Å²) in [5.41, 5.74) is 0.848. The molecule has 2 rings (SSSR count). The molecule has 5 heteroatoms. The highest BCUT2D eigenvalue weighted by Gasteiger charge is 2.13. The largest absolute Gasteiger partial charge is 0.496 e. The van der Waals surface area contributed by atoms with Crippen LogP contribution in [0, 0.1) is 0 Å². The number of pyridine rings is 1. The van der Waals surface area contributed by atoms with E-state index in [9.17, 15) is 9.59 Å². The summed E-state index contributed by atoms with van der Waals surface area (Å²) in [6, 6.07) is 10.4. The number of aromatic nitrogens is 1. The minimum atomic E-state index is -0.625. The molecule has 1 aromatic carbocycles. The maximum absolute atomic E-state index is 11.9. The van der Waals surface area contributed by atoms with Gasteiger partial charge in [-0.15, -0.1) is 0 Å². The van der Waals surface area contributed by atoms with Gasteiger partial charge in [0.15, 0.2) is 0 Å². The molecule has 0 fully saturated rings. The monoisotopic (exact) mass is 273 g/mol. The fourth-order valence-electron chi connectivity index (χ4n) is 1.87. The number of carbonyl (C=O) groups is 1. The van der Waals surface area contributed by atoms with Crippen LogP contribution in [0.15, 0.2) is 41.2 Å². The number of carbonyl (C=O) groups excluding carboxylic acids is 1. The highest BCUT2D eigenvalue weighted by Crippen LogP contribution is 2.27. The van der Waals surface area contributed by atoms with Gasteiger partial charge in [-0.2, -0.15) is 0 Å². The molecule has 104 valence electrons. The van der Waals surface area contributed by atoms with E-state index < -0.39 is 11.5 Å². The zero-order chi connectivity index (χ0) is 14.5. The molecule has 1 heterocycles. The van der Waals surface area contributed by atoms with E-state index >= 15 is 0 Å². The van der Waals surface area contributed by atoms with Gasteiger partial charge in [0.05, 0.1) is 19.4 Å². The fourth-order valence-corrected chi connectivity index (χ4v) is 1.87. The molecule has 0 spiro atoms. The summed E-state index contributed by atoms with van der Waals surface area (Å²) in [4.78, 5) is 26.2. The third-order valence-electron chi connectivity index (χ3n) is 2.80. The summed E-state index contributed by atoms with van der Waals surface area (Å²) in [5.74, 6) is 0.0207. The Labute approximate surface area is 116 Å². The Morgan fingerprint density at radius 1 is 1.20 bits per heavy atom. The minimum Gasteiger partial charge on any atom is -0.496 e. The first-order valence-corrected chi connectivity index (χ1v) is 6.21. The van der Waals surface area contributed by atoms with Gasteiger partial charge in [-0.05, 0) is 31.2 Å². The van der Waals surface area contributed by atoms with E-state index in [0.717, 1.165) is 5.56 Å². The smallest absolute Gasteiger partial charge is 0.343 e. The number of methoxy groups -OCH3 is 1. The first-order chi connectivity index (χ1) is 9.67. The molecule has 0 radical (unpaired) electrons. The van der Waals surface area contributed by atoms with Crippen LogP contribution in [0.25, 0.3) is 11.3 Å². The van der Waals surface area contributed by atoms with Gasteiger partial charge in [-0.3, -0.25) is 4.79 Å². The number of hydrogen-bond acceptors (Lipinski definition) is 4. The van der Waals surface area contributed by atoms with Crippen molar-refractivity contribution in [3.63, 3.8) is 0 Å². The molecule has 2 aromatic rings. The van der Waals surface area contributed by atoms with Crippen LogP contribution in [0.3, 0.4) is 0 Å². The number of ether oxygens (including phenoxy) is 2. The van der Waals surface area contributed by atoms with Crippen LogP contribution in [0.2, 0.25) is 0 Å². The lowest BCUT2D eigenvalue weighted by Crippen LogP contribution is -2.19. The second-order valence-corrected chi connectivity index (χ2v) is 4.04. The first-order valence-electron chi connectivity index (χ1n) is 6.21. The Morgan fingerprint density at radius 2 is 1.95 bits per heavy atom. The Bertz CT molecular complexity index is 676. The number of rotatable bonds is 4. The molecule has 1 aromatic heterocycles. The van der Waals surface area contributed by atoms with Crippen molar-refractivity contribution >= 4 is 5.97 Å². The Balaban J connectivity index is 2.43. The standard InChI is InChI=1S/C15H15NO4/c1-3-20-15(18)11-8-9-12(16-14(11)17)10-6-4-5-7-13(10)19-2/h4-9H,3H2,1-2H3,(H,16,17). The molecule has 0 aliphatic heterocycles. The second kappa shape index (κ2) is 6.06. The van der Waals surface area contributed by atoms with Crippen molar-refractivity contribution in [2.24, 2.45) is 0 Å². The van der Waals surface area contributed by atoms with Gasteiger partial charge in [-0.1, -0.05) is 12.1 Å². The van der Waals surface area contributed by atoms with Crippen LogP contribution in [0.5, 0.6) is 5.75 Å². The number of aromatic amines is 1. The Morgan fingerprint density at radius 3 is 2.60 bits per heavy atom. The molecular formula is C15H15NO4. The van der Waals surface area contributed by atoms with E-state index in [4.69, 9.17) is 9.47 Å². The number of hydrogen-bond donors (Lipinski definition) is 1. The molecule has 0 atom stereocenters. The number of esters is 1. The number of benzene rings is 1. The first kappa shape index (κ1) is 13.9. The molecule has 0 aliphatic rings. The quantitative estimate of drug-likeness (QED) is 0.867. The van der Waals surface area contributed by atoms with Gasteiger partial charge in [0.1, 0.15) is 11.3 Å². The Kier molecular flexibility index (Phi) is 4.20. The van der Waals surface area contributed by atoms with Crippen LogP contribution in [0.4, 0.5) is 0 Å². The third-order valence-corrected chi connectivity index (χ3v) is 2.80. The van der Waals surface area contributed by atoms with Gasteiger partial charge in [0.25, 0.3) is 5.56 Å². The minimum absolute atomic E-state index is 0.00880. The number of H-pyrrole nitrogens is 1. The zero-order valence-corrected chi connectivity index (χ0v) is 11.3. The van der Waals surface area contributed by atoms with Crippen LogP contribution in [-0.4, -0.2) is 24.7 Å². The van der Waals surface area contributed by atoms with Gasteiger partial charge in [0, 0.05) is 5.56 Å². The highest BCUT2D eigenvalue weighted by atomic mass is 16.5. The number of para-hydroxylation sites is 1. The van der Waals surface area contributed by atoms with E-state index in [-0.39, 0.29) is 12.2 Å². The van der Waals surface area contributed by atoms with Crippen LogP contribution < -0.4 is 10.3 Å². The van der Waals surface area contributed by atoms with Crippen LogP contribution in [-0.2, 0) is 4.74 Å².